The normalized spacial score (nSPS) is 6.31. The Kier molecular flexibility index (Phi) is 27.6. The molecule has 0 aromatic rings. The van der Waals surface area contributed by atoms with Crippen molar-refractivity contribution in [2.75, 3.05) is 6.61 Å². The van der Waals surface area contributed by atoms with Crippen LogP contribution in [0.3, 0.4) is 0 Å². The number of aliphatic carboxylic acids is 1. The molecule has 0 bridgehead atoms. The number of rotatable bonds is 2. The van der Waals surface area contributed by atoms with Crippen LogP contribution in [0.5, 0.6) is 0 Å². The summed E-state index contributed by atoms with van der Waals surface area (Å²) >= 11 is 0. The van der Waals surface area contributed by atoms with Gasteiger partial charge in [0.2, 0.25) is 0 Å². The third-order valence-corrected chi connectivity index (χ3v) is 0.461. The van der Waals surface area contributed by atoms with Gasteiger partial charge in [0, 0.05) is 6.08 Å². The van der Waals surface area contributed by atoms with Gasteiger partial charge in [-0.15, -0.1) is 0 Å². The summed E-state index contributed by atoms with van der Waals surface area (Å²) in [6.45, 7) is 5.02. The molecule has 0 unspecified atom stereocenters. The summed E-state index contributed by atoms with van der Waals surface area (Å²) in [6.07, 6.45) is 0.123. The Morgan fingerprint density at radius 3 is 1.56 bits per heavy atom. The summed E-state index contributed by atoms with van der Waals surface area (Å²) in [5.41, 5.74) is 13.0. The zero-order valence-corrected chi connectivity index (χ0v) is 8.30. The van der Waals surface area contributed by atoms with Crippen molar-refractivity contribution in [1.29, 1.82) is 0 Å². The Balaban J connectivity index is -0.0000000668. The average Bonchev–Trinajstić information content (AvgIpc) is 2.03. The van der Waals surface area contributed by atoms with Crippen LogP contribution in [0.15, 0.2) is 12.7 Å². The second-order valence-electron chi connectivity index (χ2n) is 1.70. The highest BCUT2D eigenvalue weighted by Gasteiger charge is 1.82. The van der Waals surface area contributed by atoms with E-state index in [4.69, 9.17) is 9.90 Å². The molecule has 0 aliphatic carbocycles. The van der Waals surface area contributed by atoms with Crippen molar-refractivity contribution >= 4 is 29.1 Å². The zero-order valence-electron chi connectivity index (χ0n) is 8.30. The number of urea groups is 1. The first-order valence-electron chi connectivity index (χ1n) is 3.60. The number of carbonyl (C=O) groups excluding carboxylic acids is 2. The fraction of sp³-hybridized carbons (Fsp3) is 0.286. The van der Waals surface area contributed by atoms with E-state index in [-0.39, 0.29) is 11.0 Å². The standard InChI is InChI=1S/C3H7NO2.C3H4O2.CH4N2O.H4Si/c1-2-6-3(4)5;1-2-3(4)5;2-1(3)4;/h2H2,1H3,(H2,4,5);2H,1H2,(H,4,5);(H4,2,3,4);1H4. The fourth-order valence-corrected chi connectivity index (χ4v) is 0.142. The van der Waals surface area contributed by atoms with Gasteiger partial charge in [-0.3, -0.25) is 0 Å². The highest BCUT2D eigenvalue weighted by Crippen LogP contribution is 1.66. The topological polar surface area (TPSA) is 159 Å². The number of amides is 3. The molecule has 0 saturated heterocycles. The van der Waals surface area contributed by atoms with Crippen molar-refractivity contribution in [3.8, 4) is 0 Å². The lowest BCUT2D eigenvalue weighted by Crippen LogP contribution is -2.18. The fourth-order valence-electron chi connectivity index (χ4n) is 0.142. The molecule has 0 aromatic heterocycles. The molecule has 0 radical (unpaired) electrons. The Labute approximate surface area is 97.4 Å². The molecular weight excluding hydrogens is 234 g/mol. The molecule has 0 atom stereocenters. The van der Waals surface area contributed by atoms with Crippen molar-refractivity contribution in [2.45, 2.75) is 6.92 Å². The Morgan fingerprint density at radius 2 is 1.56 bits per heavy atom. The maximum Gasteiger partial charge on any atom is 0.404 e. The first kappa shape index (κ1) is 23.6. The molecular formula is C7H19N3O5Si. The van der Waals surface area contributed by atoms with Gasteiger partial charge in [-0.25, -0.2) is 14.4 Å². The molecule has 16 heavy (non-hydrogen) atoms. The van der Waals surface area contributed by atoms with E-state index >= 15 is 0 Å². The first-order valence-corrected chi connectivity index (χ1v) is 3.60. The summed E-state index contributed by atoms with van der Waals surface area (Å²) in [4.78, 5) is 27.8. The summed E-state index contributed by atoms with van der Waals surface area (Å²) in [7, 11) is 0. The molecule has 0 spiro atoms. The third-order valence-electron chi connectivity index (χ3n) is 0.461. The minimum absolute atomic E-state index is 0. The van der Waals surface area contributed by atoms with Gasteiger partial charge < -0.3 is 27.0 Å². The van der Waals surface area contributed by atoms with Gasteiger partial charge in [-0.1, -0.05) is 6.58 Å². The van der Waals surface area contributed by atoms with Gasteiger partial charge in [0.05, 0.1) is 6.61 Å². The number of primary amides is 3. The number of carboxylic acids is 1. The molecule has 9 heteroatoms. The molecule has 0 heterocycles. The number of carbonyl (C=O) groups is 3. The first-order chi connectivity index (χ1) is 6.77. The van der Waals surface area contributed by atoms with Crippen molar-refractivity contribution < 1.29 is 24.2 Å². The second kappa shape index (κ2) is 18.7. The van der Waals surface area contributed by atoms with Crippen LogP contribution < -0.4 is 17.2 Å². The summed E-state index contributed by atoms with van der Waals surface area (Å²) in [5, 5.41) is 7.60. The van der Waals surface area contributed by atoms with E-state index in [0.717, 1.165) is 6.08 Å². The predicted octanol–water partition coefficient (Wildman–Crippen LogP) is -2.07. The largest absolute Gasteiger partial charge is 0.478 e. The van der Waals surface area contributed by atoms with Gasteiger partial charge in [-0.05, 0) is 17.9 Å². The third kappa shape index (κ3) is 164. The predicted molar refractivity (Wildman–Crippen MR) is 64.1 cm³/mol. The Bertz CT molecular complexity index is 218. The van der Waals surface area contributed by atoms with Crippen LogP contribution in [-0.2, 0) is 9.53 Å². The van der Waals surface area contributed by atoms with Gasteiger partial charge in [0.1, 0.15) is 0 Å². The van der Waals surface area contributed by atoms with E-state index in [1.54, 1.807) is 6.92 Å². The lowest BCUT2D eigenvalue weighted by atomic mass is 10.7. The van der Waals surface area contributed by atoms with Crippen LogP contribution in [0.25, 0.3) is 0 Å². The second-order valence-corrected chi connectivity index (χ2v) is 1.70. The van der Waals surface area contributed by atoms with E-state index in [0.29, 0.717) is 6.61 Å². The summed E-state index contributed by atoms with van der Waals surface area (Å²) in [6, 6.07) is -0.833. The van der Waals surface area contributed by atoms with Crippen LogP contribution in [0.1, 0.15) is 6.92 Å². The van der Waals surface area contributed by atoms with E-state index in [1.807, 2.05) is 0 Å². The number of hydrogen-bond acceptors (Lipinski definition) is 4. The van der Waals surface area contributed by atoms with Gasteiger partial charge in [-0.2, -0.15) is 0 Å². The molecule has 0 aliphatic heterocycles. The highest BCUT2D eigenvalue weighted by atomic mass is 28.1. The van der Waals surface area contributed by atoms with E-state index < -0.39 is 18.1 Å². The van der Waals surface area contributed by atoms with Crippen molar-refractivity contribution in [3.63, 3.8) is 0 Å². The van der Waals surface area contributed by atoms with Crippen LogP contribution >= 0.6 is 0 Å². The number of nitrogens with two attached hydrogens (primary N) is 3. The number of hydrogen-bond donors (Lipinski definition) is 4. The summed E-state index contributed by atoms with van der Waals surface area (Å²) in [5.74, 6) is -0.981. The molecule has 0 aliphatic rings. The lowest BCUT2D eigenvalue weighted by Gasteiger charge is -1.89. The molecule has 0 rings (SSSR count). The minimum Gasteiger partial charge on any atom is -0.478 e. The monoisotopic (exact) mass is 253 g/mol. The molecule has 3 amide bonds. The van der Waals surface area contributed by atoms with Crippen molar-refractivity contribution in [2.24, 2.45) is 17.2 Å². The van der Waals surface area contributed by atoms with Gasteiger partial charge >= 0.3 is 18.1 Å². The molecule has 96 valence electrons. The Morgan fingerprint density at radius 1 is 1.31 bits per heavy atom. The molecule has 0 fully saturated rings. The van der Waals surface area contributed by atoms with Gasteiger partial charge in [0.25, 0.3) is 0 Å². The SMILES string of the molecule is C=CC(=O)O.CCOC(N)=O.NC(N)=O.[SiH4]. The van der Waals surface area contributed by atoms with E-state index in [1.165, 1.54) is 0 Å². The Hall–Kier alpha value is -2.03. The van der Waals surface area contributed by atoms with Crippen LogP contribution in [-0.4, -0.2) is 40.8 Å². The average molecular weight is 253 g/mol. The van der Waals surface area contributed by atoms with Gasteiger partial charge in [0.15, 0.2) is 0 Å². The molecule has 8 nitrogen and oxygen atoms in total. The maximum atomic E-state index is 9.60. The molecule has 0 saturated carbocycles. The van der Waals surface area contributed by atoms with E-state index in [2.05, 4.69) is 28.5 Å². The molecule has 0 aromatic carbocycles. The number of carboxylic acid groups (broad SMARTS) is 1. The van der Waals surface area contributed by atoms with Crippen molar-refractivity contribution in [3.05, 3.63) is 12.7 Å². The maximum absolute atomic E-state index is 9.60. The smallest absolute Gasteiger partial charge is 0.404 e. The van der Waals surface area contributed by atoms with E-state index in [9.17, 15) is 9.59 Å². The quantitative estimate of drug-likeness (QED) is 0.328. The van der Waals surface area contributed by atoms with Crippen molar-refractivity contribution in [1.82, 2.24) is 0 Å². The lowest BCUT2D eigenvalue weighted by molar-refractivity contribution is -0.131. The molecule has 7 N–H and O–H groups in total. The zero-order chi connectivity index (χ0) is 12.9. The van der Waals surface area contributed by atoms with Crippen LogP contribution in [0, 0.1) is 0 Å². The van der Waals surface area contributed by atoms with Crippen LogP contribution in [0.2, 0.25) is 0 Å². The highest BCUT2D eigenvalue weighted by molar-refractivity contribution is 5.78. The minimum atomic E-state index is -0.981. The van der Waals surface area contributed by atoms with Crippen LogP contribution in [0.4, 0.5) is 9.59 Å². The number of ether oxygens (including phenoxy) is 1. The summed E-state index contributed by atoms with van der Waals surface area (Å²) < 4.78 is 4.18.